The maximum absolute atomic E-state index is 13.3. The molecule has 0 saturated heterocycles. The lowest BCUT2D eigenvalue weighted by Crippen LogP contribution is -2.22. The predicted molar refractivity (Wildman–Crippen MR) is 181 cm³/mol. The Morgan fingerprint density at radius 2 is 1.73 bits per heavy atom. The quantitative estimate of drug-likeness (QED) is 0.0888. The molecule has 0 saturated carbocycles. The van der Waals surface area contributed by atoms with Crippen LogP contribution >= 0.6 is 23.1 Å². The van der Waals surface area contributed by atoms with Crippen molar-refractivity contribution in [2.24, 2.45) is 0 Å². The topological polar surface area (TPSA) is 101 Å². The molecule has 1 amide bonds. The van der Waals surface area contributed by atoms with Crippen LogP contribution in [0.25, 0.3) is 28.5 Å². The Kier molecular flexibility index (Phi) is 10.1. The molecule has 0 aliphatic rings. The molecule has 0 aliphatic carbocycles. The number of allylic oxidation sites excluding steroid dienone is 1. The van der Waals surface area contributed by atoms with E-state index in [2.05, 4.69) is 11.4 Å². The fourth-order valence-corrected chi connectivity index (χ4v) is 6.07. The van der Waals surface area contributed by atoms with Crippen molar-refractivity contribution in [3.63, 3.8) is 0 Å². The van der Waals surface area contributed by atoms with E-state index in [0.717, 1.165) is 10.4 Å². The molecule has 5 rings (SSSR count). The van der Waals surface area contributed by atoms with E-state index in [9.17, 15) is 14.9 Å². The van der Waals surface area contributed by atoms with Gasteiger partial charge in [0, 0.05) is 32.8 Å². The zero-order chi connectivity index (χ0) is 31.8. The average Bonchev–Trinajstić information content (AvgIpc) is 3.61. The molecule has 224 valence electrons. The van der Waals surface area contributed by atoms with Crippen molar-refractivity contribution >= 4 is 46.6 Å². The first-order chi connectivity index (χ1) is 21.9. The van der Waals surface area contributed by atoms with Gasteiger partial charge >= 0.3 is 0 Å². The number of benzene rings is 3. The van der Waals surface area contributed by atoms with Crippen molar-refractivity contribution in [3.05, 3.63) is 118 Å². The maximum Gasteiger partial charge on any atom is 0.237 e. The molecular weight excluding hydrogens is 603 g/mol. The van der Waals surface area contributed by atoms with Gasteiger partial charge in [-0.15, -0.1) is 11.3 Å². The highest BCUT2D eigenvalue weighted by Crippen LogP contribution is 2.40. The number of aromatic nitrogens is 1. The van der Waals surface area contributed by atoms with Gasteiger partial charge in [-0.3, -0.25) is 9.59 Å². The molecule has 1 N–H and O–H groups in total. The standard InChI is InChI=1S/C36H29N3O4S2/c1-23(35(41)38-26-13-11-25(12-14-26)33(40)17-16-28-10-7-19-44-28)45-36-31(22-37)29(21-32(39-36)24-8-5-4-6-9-24)30-20-27(42-2)15-18-34(30)43-3/h4-21,23H,1-3H3,(H,38,41)/b17-16+/t23-/m1/s1. The molecule has 0 aliphatic heterocycles. The minimum absolute atomic E-state index is 0.123. The molecule has 1 atom stereocenters. The van der Waals surface area contributed by atoms with Gasteiger partial charge in [0.1, 0.15) is 22.6 Å². The molecule has 9 heteroatoms. The summed E-state index contributed by atoms with van der Waals surface area (Å²) in [7, 11) is 3.15. The Balaban J connectivity index is 1.41. The van der Waals surface area contributed by atoms with Gasteiger partial charge in [-0.2, -0.15) is 5.26 Å². The Labute approximate surface area is 270 Å². The number of rotatable bonds is 11. The summed E-state index contributed by atoms with van der Waals surface area (Å²) >= 11 is 2.75. The lowest BCUT2D eigenvalue weighted by molar-refractivity contribution is -0.115. The average molecular weight is 632 g/mol. The van der Waals surface area contributed by atoms with E-state index in [4.69, 9.17) is 14.5 Å². The summed E-state index contributed by atoms with van der Waals surface area (Å²) in [6, 6.07) is 29.9. The molecule has 0 radical (unpaired) electrons. The molecule has 45 heavy (non-hydrogen) atoms. The summed E-state index contributed by atoms with van der Waals surface area (Å²) in [6.45, 7) is 1.76. The van der Waals surface area contributed by atoms with E-state index >= 15 is 0 Å². The van der Waals surface area contributed by atoms with Crippen LogP contribution in [0.5, 0.6) is 11.5 Å². The number of amides is 1. The van der Waals surface area contributed by atoms with Gasteiger partial charge in [0.05, 0.1) is 30.7 Å². The maximum atomic E-state index is 13.3. The van der Waals surface area contributed by atoms with E-state index in [1.807, 2.05) is 60.0 Å². The number of carbonyl (C=O) groups excluding carboxylic acids is 2. The fourth-order valence-electron chi connectivity index (χ4n) is 4.53. The van der Waals surface area contributed by atoms with E-state index < -0.39 is 5.25 Å². The molecule has 0 bridgehead atoms. The zero-order valence-corrected chi connectivity index (χ0v) is 26.4. The number of nitriles is 1. The molecule has 0 spiro atoms. The van der Waals surface area contributed by atoms with Gasteiger partial charge in [0.25, 0.3) is 0 Å². The SMILES string of the molecule is COc1ccc(OC)c(-c2cc(-c3ccccc3)nc(S[C@H](C)C(=O)Nc3ccc(C(=O)/C=C/c4cccs4)cc3)c2C#N)c1. The van der Waals surface area contributed by atoms with Gasteiger partial charge in [0.15, 0.2) is 5.78 Å². The van der Waals surface area contributed by atoms with Crippen LogP contribution in [0, 0.1) is 11.3 Å². The second-order valence-corrected chi connectivity index (χ2v) is 12.1. The zero-order valence-electron chi connectivity index (χ0n) is 24.8. The first-order valence-corrected chi connectivity index (χ1v) is 15.7. The molecule has 0 fully saturated rings. The molecular formula is C36H29N3O4S2. The Bertz CT molecular complexity index is 1880. The number of hydrogen-bond donors (Lipinski definition) is 1. The summed E-state index contributed by atoms with van der Waals surface area (Å²) in [5, 5.41) is 15.0. The summed E-state index contributed by atoms with van der Waals surface area (Å²) < 4.78 is 11.1. The third-order valence-electron chi connectivity index (χ3n) is 6.90. The molecule has 2 heterocycles. The second kappa shape index (κ2) is 14.5. The van der Waals surface area contributed by atoms with Crippen molar-refractivity contribution < 1.29 is 19.1 Å². The highest BCUT2D eigenvalue weighted by Gasteiger charge is 2.23. The molecule has 3 aromatic carbocycles. The molecule has 7 nitrogen and oxygen atoms in total. The van der Waals surface area contributed by atoms with Crippen LogP contribution in [0.15, 0.2) is 107 Å². The number of nitrogens with one attached hydrogen (secondary N) is 1. The van der Waals surface area contributed by atoms with Crippen molar-refractivity contribution in [1.29, 1.82) is 5.26 Å². The van der Waals surface area contributed by atoms with E-state index in [1.54, 1.807) is 75.0 Å². The first kappa shape index (κ1) is 31.3. The van der Waals surface area contributed by atoms with E-state index in [0.29, 0.717) is 50.2 Å². The third kappa shape index (κ3) is 7.50. The second-order valence-electron chi connectivity index (χ2n) is 9.82. The van der Waals surface area contributed by atoms with Crippen LogP contribution in [0.1, 0.15) is 27.7 Å². The number of carbonyl (C=O) groups is 2. The van der Waals surface area contributed by atoms with Crippen LogP contribution in [0.3, 0.4) is 0 Å². The third-order valence-corrected chi connectivity index (χ3v) is 8.83. The number of ketones is 1. The number of thioether (sulfide) groups is 1. The highest BCUT2D eigenvalue weighted by molar-refractivity contribution is 8.00. The number of anilines is 1. The minimum atomic E-state index is -0.606. The van der Waals surface area contributed by atoms with Gasteiger partial charge in [-0.25, -0.2) is 4.98 Å². The van der Waals surface area contributed by atoms with Gasteiger partial charge in [-0.1, -0.05) is 48.2 Å². The number of nitrogens with zero attached hydrogens (tertiary/aromatic N) is 2. The Hall–Kier alpha value is -5.17. The predicted octanol–water partition coefficient (Wildman–Crippen LogP) is 8.38. The lowest BCUT2D eigenvalue weighted by Gasteiger charge is -2.17. The highest BCUT2D eigenvalue weighted by atomic mass is 32.2. The summed E-state index contributed by atoms with van der Waals surface area (Å²) in [5.41, 5.74) is 4.20. The number of pyridine rings is 1. The lowest BCUT2D eigenvalue weighted by atomic mass is 9.98. The van der Waals surface area contributed by atoms with E-state index in [-0.39, 0.29) is 11.7 Å². The molecule has 0 unspecified atom stereocenters. The number of thiophene rings is 1. The van der Waals surface area contributed by atoms with Crippen LogP contribution in [-0.4, -0.2) is 36.1 Å². The monoisotopic (exact) mass is 631 g/mol. The largest absolute Gasteiger partial charge is 0.497 e. The van der Waals surface area contributed by atoms with Crippen molar-refractivity contribution in [2.45, 2.75) is 17.2 Å². The normalized spacial score (nSPS) is 11.5. The number of methoxy groups -OCH3 is 2. The minimum Gasteiger partial charge on any atom is -0.497 e. The van der Waals surface area contributed by atoms with Gasteiger partial charge < -0.3 is 14.8 Å². The van der Waals surface area contributed by atoms with Gasteiger partial charge in [0.2, 0.25) is 5.91 Å². The van der Waals surface area contributed by atoms with Crippen LogP contribution in [0.4, 0.5) is 5.69 Å². The van der Waals surface area contributed by atoms with Crippen LogP contribution in [-0.2, 0) is 4.79 Å². The Morgan fingerprint density at radius 3 is 2.40 bits per heavy atom. The summed E-state index contributed by atoms with van der Waals surface area (Å²) in [6.07, 6.45) is 3.32. The smallest absolute Gasteiger partial charge is 0.237 e. The van der Waals surface area contributed by atoms with Crippen molar-refractivity contribution in [3.8, 4) is 40.0 Å². The van der Waals surface area contributed by atoms with Crippen LogP contribution < -0.4 is 14.8 Å². The van der Waals surface area contributed by atoms with Crippen LogP contribution in [0.2, 0.25) is 0 Å². The van der Waals surface area contributed by atoms with Crippen molar-refractivity contribution in [2.75, 3.05) is 19.5 Å². The number of ether oxygens (including phenoxy) is 2. The summed E-state index contributed by atoms with van der Waals surface area (Å²) in [4.78, 5) is 31.7. The van der Waals surface area contributed by atoms with Crippen molar-refractivity contribution in [1.82, 2.24) is 4.98 Å². The number of hydrogen-bond acceptors (Lipinski definition) is 8. The van der Waals surface area contributed by atoms with Gasteiger partial charge in [-0.05, 0) is 79.1 Å². The van der Waals surface area contributed by atoms with E-state index in [1.165, 1.54) is 17.8 Å². The molecule has 5 aromatic rings. The fraction of sp³-hybridized carbons (Fsp3) is 0.111. The Morgan fingerprint density at radius 1 is 0.956 bits per heavy atom. The molecule has 2 aromatic heterocycles. The summed E-state index contributed by atoms with van der Waals surface area (Å²) in [5.74, 6) is 0.791. The first-order valence-electron chi connectivity index (χ1n) is 14.0.